The number of carboxylic acids is 1. The monoisotopic (exact) mass is 493 g/mol. The molecule has 0 saturated heterocycles. The van der Waals surface area contributed by atoms with E-state index in [1.54, 1.807) is 26.2 Å². The second-order valence-electron chi connectivity index (χ2n) is 8.80. The summed E-state index contributed by atoms with van der Waals surface area (Å²) in [6.07, 6.45) is -0.577. The highest BCUT2D eigenvalue weighted by atomic mass is 32.1. The average Bonchev–Trinajstić information content (AvgIpc) is 3.44. The van der Waals surface area contributed by atoms with Gasteiger partial charge in [-0.1, -0.05) is 62.4 Å². The molecule has 3 N–H and O–H groups in total. The van der Waals surface area contributed by atoms with Crippen molar-refractivity contribution in [1.29, 1.82) is 0 Å². The summed E-state index contributed by atoms with van der Waals surface area (Å²) < 4.78 is 5.57. The van der Waals surface area contributed by atoms with Crippen molar-refractivity contribution >= 4 is 29.3 Å². The van der Waals surface area contributed by atoms with E-state index in [2.05, 4.69) is 39.9 Å². The third-order valence-electron chi connectivity index (χ3n) is 6.02. The van der Waals surface area contributed by atoms with Crippen LogP contribution in [0.2, 0.25) is 0 Å². The van der Waals surface area contributed by atoms with Crippen LogP contribution in [0.3, 0.4) is 0 Å². The minimum atomic E-state index is -1.10. The molecular formula is C26H27N3O5S. The van der Waals surface area contributed by atoms with E-state index in [1.807, 2.05) is 24.3 Å². The molecule has 2 amide bonds. The number of amides is 2. The van der Waals surface area contributed by atoms with Gasteiger partial charge in [0.25, 0.3) is 5.91 Å². The van der Waals surface area contributed by atoms with Gasteiger partial charge in [0.1, 0.15) is 23.4 Å². The van der Waals surface area contributed by atoms with Gasteiger partial charge < -0.3 is 20.5 Å². The molecule has 0 saturated carbocycles. The molecule has 1 heterocycles. The highest BCUT2D eigenvalue weighted by Crippen LogP contribution is 2.44. The van der Waals surface area contributed by atoms with E-state index in [0.29, 0.717) is 5.01 Å². The molecule has 0 radical (unpaired) electrons. The van der Waals surface area contributed by atoms with E-state index in [4.69, 9.17) is 4.74 Å². The normalized spacial score (nSPS) is 14.1. The summed E-state index contributed by atoms with van der Waals surface area (Å²) in [5.41, 5.74) is 4.68. The molecule has 4 rings (SSSR count). The predicted octanol–water partition coefficient (Wildman–Crippen LogP) is 4.58. The zero-order valence-electron chi connectivity index (χ0n) is 19.6. The number of carbonyl (C=O) groups is 3. The van der Waals surface area contributed by atoms with Gasteiger partial charge in [-0.05, 0) is 35.1 Å². The van der Waals surface area contributed by atoms with Gasteiger partial charge in [0.05, 0.1) is 6.04 Å². The Morgan fingerprint density at radius 1 is 1.00 bits per heavy atom. The summed E-state index contributed by atoms with van der Waals surface area (Å²) in [7, 11) is 0. The Hall–Kier alpha value is -3.72. The van der Waals surface area contributed by atoms with Gasteiger partial charge in [0.2, 0.25) is 0 Å². The molecule has 3 aromatic rings. The van der Waals surface area contributed by atoms with Gasteiger partial charge in [-0.3, -0.25) is 4.79 Å². The maximum atomic E-state index is 12.5. The van der Waals surface area contributed by atoms with Crippen molar-refractivity contribution in [2.24, 2.45) is 5.92 Å². The lowest BCUT2D eigenvalue weighted by Crippen LogP contribution is -2.44. The van der Waals surface area contributed by atoms with Crippen LogP contribution < -0.4 is 10.6 Å². The molecule has 1 aliphatic carbocycles. The van der Waals surface area contributed by atoms with Crippen LogP contribution in [0.1, 0.15) is 59.4 Å². The second-order valence-corrected chi connectivity index (χ2v) is 9.69. The first-order valence-corrected chi connectivity index (χ1v) is 12.2. The maximum absolute atomic E-state index is 12.5. The number of thiazole rings is 1. The van der Waals surface area contributed by atoms with E-state index in [1.165, 1.54) is 11.3 Å². The summed E-state index contributed by atoms with van der Waals surface area (Å²) in [5, 5.41) is 16.6. The number of benzene rings is 2. The average molecular weight is 494 g/mol. The smallest absolute Gasteiger partial charge is 0.407 e. The lowest BCUT2D eigenvalue weighted by molar-refractivity contribution is -0.140. The number of ether oxygens (including phenoxy) is 1. The largest absolute Gasteiger partial charge is 0.480 e. The van der Waals surface area contributed by atoms with E-state index in [0.717, 1.165) is 22.3 Å². The van der Waals surface area contributed by atoms with Crippen LogP contribution in [0.15, 0.2) is 53.9 Å². The quantitative estimate of drug-likeness (QED) is 0.423. The van der Waals surface area contributed by atoms with Gasteiger partial charge >= 0.3 is 12.1 Å². The number of hydrogen-bond acceptors (Lipinski definition) is 6. The van der Waals surface area contributed by atoms with Crippen LogP contribution in [-0.4, -0.2) is 40.7 Å². The van der Waals surface area contributed by atoms with Crippen LogP contribution in [-0.2, 0) is 9.53 Å². The molecule has 1 aromatic heterocycles. The maximum Gasteiger partial charge on any atom is 0.407 e. The number of fused-ring (bicyclic) bond motifs is 3. The molecule has 0 fully saturated rings. The van der Waals surface area contributed by atoms with Gasteiger partial charge in [-0.2, -0.15) is 0 Å². The fourth-order valence-electron chi connectivity index (χ4n) is 4.20. The number of carboxylic acid groups (broad SMARTS) is 1. The Kier molecular flexibility index (Phi) is 7.16. The molecule has 182 valence electrons. The van der Waals surface area contributed by atoms with Crippen LogP contribution in [0.4, 0.5) is 4.79 Å². The summed E-state index contributed by atoms with van der Waals surface area (Å²) in [6.45, 7) is 5.37. The Balaban J connectivity index is 1.36. The third kappa shape index (κ3) is 5.19. The van der Waals surface area contributed by atoms with Crippen molar-refractivity contribution in [3.63, 3.8) is 0 Å². The standard InChI is InChI=1S/C26H27N3O5S/c1-14(2)22(25(31)32)29-23(30)21-13-35-24(28-21)15(3)27-26(33)34-12-20-18-10-6-4-8-16(18)17-9-5-7-11-19(17)20/h4-11,13-15,20,22H,12H2,1-3H3,(H,27,33)(H,29,30)(H,31,32)/t15?,22-/m1/s1. The van der Waals surface area contributed by atoms with Crippen LogP contribution in [0, 0.1) is 5.92 Å². The molecule has 1 unspecified atom stereocenters. The minimum Gasteiger partial charge on any atom is -0.480 e. The molecule has 35 heavy (non-hydrogen) atoms. The van der Waals surface area contributed by atoms with Crippen LogP contribution >= 0.6 is 11.3 Å². The molecule has 0 spiro atoms. The Labute approximate surface area is 207 Å². The third-order valence-corrected chi connectivity index (χ3v) is 7.05. The summed E-state index contributed by atoms with van der Waals surface area (Å²) in [5.74, 6) is -1.98. The summed E-state index contributed by atoms with van der Waals surface area (Å²) >= 11 is 1.21. The van der Waals surface area contributed by atoms with Gasteiger partial charge in [-0.15, -0.1) is 11.3 Å². The molecule has 0 bridgehead atoms. The highest BCUT2D eigenvalue weighted by Gasteiger charge is 2.29. The van der Waals surface area contributed by atoms with Crippen molar-refractivity contribution < 1.29 is 24.2 Å². The summed E-state index contributed by atoms with van der Waals surface area (Å²) in [4.78, 5) is 40.6. The van der Waals surface area contributed by atoms with Gasteiger partial charge in [-0.25, -0.2) is 14.6 Å². The number of nitrogens with one attached hydrogen (secondary N) is 2. The van der Waals surface area contributed by atoms with Gasteiger partial charge in [0.15, 0.2) is 0 Å². The number of nitrogens with zero attached hydrogens (tertiary/aromatic N) is 1. The van der Waals surface area contributed by atoms with Crippen molar-refractivity contribution in [1.82, 2.24) is 15.6 Å². The Morgan fingerprint density at radius 2 is 1.60 bits per heavy atom. The Morgan fingerprint density at radius 3 is 2.17 bits per heavy atom. The van der Waals surface area contributed by atoms with Crippen LogP contribution in [0.25, 0.3) is 11.1 Å². The van der Waals surface area contributed by atoms with E-state index in [9.17, 15) is 19.5 Å². The lowest BCUT2D eigenvalue weighted by atomic mass is 9.98. The number of rotatable bonds is 8. The first-order valence-electron chi connectivity index (χ1n) is 11.4. The van der Waals surface area contributed by atoms with Gasteiger partial charge in [0, 0.05) is 11.3 Å². The molecule has 8 nitrogen and oxygen atoms in total. The zero-order chi connectivity index (χ0) is 25.1. The molecule has 0 aliphatic heterocycles. The number of aliphatic carboxylic acids is 1. The van der Waals surface area contributed by atoms with Crippen molar-refractivity contribution in [3.05, 3.63) is 75.7 Å². The summed E-state index contributed by atoms with van der Waals surface area (Å²) in [6, 6.07) is 14.7. The Bertz CT molecular complexity index is 1210. The SMILES string of the molecule is CC(NC(=O)OCC1c2ccccc2-c2ccccc21)c1nc(C(=O)N[C@@H](C(=O)O)C(C)C)cs1. The first kappa shape index (κ1) is 24.4. The molecule has 2 atom stereocenters. The molecule has 1 aliphatic rings. The van der Waals surface area contributed by atoms with Crippen molar-refractivity contribution in [2.45, 2.75) is 38.8 Å². The molecular weight excluding hydrogens is 466 g/mol. The van der Waals surface area contributed by atoms with Crippen LogP contribution in [0.5, 0.6) is 0 Å². The second kappa shape index (κ2) is 10.3. The minimum absolute atomic E-state index is 0.0400. The highest BCUT2D eigenvalue weighted by molar-refractivity contribution is 7.09. The lowest BCUT2D eigenvalue weighted by Gasteiger charge is -2.17. The molecule has 9 heteroatoms. The number of carbonyl (C=O) groups excluding carboxylic acids is 2. The number of hydrogen-bond donors (Lipinski definition) is 3. The van der Waals surface area contributed by atoms with Crippen molar-refractivity contribution in [2.75, 3.05) is 6.61 Å². The zero-order valence-corrected chi connectivity index (χ0v) is 20.5. The van der Waals surface area contributed by atoms with E-state index in [-0.39, 0.29) is 24.1 Å². The van der Waals surface area contributed by atoms with Crippen molar-refractivity contribution in [3.8, 4) is 11.1 Å². The first-order chi connectivity index (χ1) is 16.8. The fourth-order valence-corrected chi connectivity index (χ4v) is 5.00. The predicted molar refractivity (Wildman–Crippen MR) is 132 cm³/mol. The topological polar surface area (TPSA) is 118 Å². The molecule has 2 aromatic carbocycles. The number of alkyl carbamates (subject to hydrolysis) is 1. The van der Waals surface area contributed by atoms with E-state index < -0.39 is 30.1 Å². The fraction of sp³-hybridized carbons (Fsp3) is 0.308. The van der Waals surface area contributed by atoms with E-state index >= 15 is 0 Å². The number of aromatic nitrogens is 1.